The van der Waals surface area contributed by atoms with Crippen molar-refractivity contribution in [3.05, 3.63) is 11.9 Å². The van der Waals surface area contributed by atoms with E-state index >= 15 is 0 Å². The molecule has 0 amide bonds. The van der Waals surface area contributed by atoms with E-state index in [0.717, 1.165) is 32.1 Å². The maximum atomic E-state index is 13.5. The molecule has 3 rings (SSSR count). The Hall–Kier alpha value is -0.820. The predicted octanol–water partition coefficient (Wildman–Crippen LogP) is 2.77. The minimum Gasteiger partial charge on any atom is -0.378 e. The van der Waals surface area contributed by atoms with Gasteiger partial charge in [-0.05, 0) is 25.2 Å². The van der Waals surface area contributed by atoms with Gasteiger partial charge in [0.2, 0.25) is 5.92 Å². The minimum atomic E-state index is -2.49. The molecule has 0 bridgehead atoms. The molecule has 1 unspecified atom stereocenters. The van der Waals surface area contributed by atoms with E-state index in [0.29, 0.717) is 12.8 Å². The van der Waals surface area contributed by atoms with E-state index in [4.69, 9.17) is 4.74 Å². The molecule has 2 fully saturated rings. The van der Waals surface area contributed by atoms with Gasteiger partial charge < -0.3 is 14.5 Å². The first-order valence-corrected chi connectivity index (χ1v) is 9.15. The van der Waals surface area contributed by atoms with Gasteiger partial charge >= 0.3 is 0 Å². The van der Waals surface area contributed by atoms with Crippen molar-refractivity contribution >= 4 is 18.0 Å². The number of halogens is 2. The summed E-state index contributed by atoms with van der Waals surface area (Å²) in [5, 5.41) is 0. The molecule has 7 heteroatoms. The van der Waals surface area contributed by atoms with Crippen LogP contribution in [-0.4, -0.2) is 66.0 Å². The number of alkyl halides is 2. The highest BCUT2D eigenvalue weighted by Gasteiger charge is 2.40. The van der Waals surface area contributed by atoms with E-state index in [9.17, 15) is 8.78 Å². The fraction of sp³-hybridized carbons (Fsp3) is 0.800. The van der Waals surface area contributed by atoms with E-state index in [2.05, 4.69) is 14.8 Å². The zero-order valence-electron chi connectivity index (χ0n) is 12.9. The molecule has 22 heavy (non-hydrogen) atoms. The fourth-order valence-corrected chi connectivity index (χ4v) is 4.06. The summed E-state index contributed by atoms with van der Waals surface area (Å²) in [5.74, 6) is -1.37. The molecule has 1 aliphatic carbocycles. The van der Waals surface area contributed by atoms with Crippen molar-refractivity contribution in [1.82, 2.24) is 9.80 Å². The summed E-state index contributed by atoms with van der Waals surface area (Å²) in [6.45, 7) is 3.13. The van der Waals surface area contributed by atoms with Gasteiger partial charge in [0.05, 0.1) is 13.2 Å². The largest absolute Gasteiger partial charge is 0.378 e. The molecule has 0 aromatic carbocycles. The normalized spacial score (nSPS) is 29.6. The molecule has 1 atom stereocenters. The van der Waals surface area contributed by atoms with E-state index in [1.165, 1.54) is 0 Å². The van der Waals surface area contributed by atoms with Crippen LogP contribution in [0.1, 0.15) is 25.7 Å². The van der Waals surface area contributed by atoms with Gasteiger partial charge in [0.15, 0.2) is 5.50 Å². The zero-order chi connectivity index (χ0) is 15.6. The average molecular weight is 331 g/mol. The highest BCUT2D eigenvalue weighted by molar-refractivity contribution is 7.99. The summed E-state index contributed by atoms with van der Waals surface area (Å²) >= 11 is 1.66. The Labute approximate surface area is 134 Å². The molecule has 0 N–H and O–H groups in total. The van der Waals surface area contributed by atoms with Gasteiger partial charge in [0.1, 0.15) is 5.82 Å². The molecule has 0 spiro atoms. The van der Waals surface area contributed by atoms with Crippen LogP contribution >= 0.6 is 11.8 Å². The zero-order valence-corrected chi connectivity index (χ0v) is 13.7. The second kappa shape index (κ2) is 6.74. The molecule has 1 saturated heterocycles. The lowest BCUT2D eigenvalue weighted by atomic mass is 9.91. The van der Waals surface area contributed by atoms with E-state index in [-0.39, 0.29) is 24.4 Å². The molecule has 1 saturated carbocycles. The number of allylic oxidation sites excluding steroid dienone is 1. The van der Waals surface area contributed by atoms with Gasteiger partial charge in [-0.3, -0.25) is 4.99 Å². The summed E-state index contributed by atoms with van der Waals surface area (Å²) in [7, 11) is 0. The predicted molar refractivity (Wildman–Crippen MR) is 85.3 cm³/mol. The first-order valence-electron chi connectivity index (χ1n) is 7.86. The van der Waals surface area contributed by atoms with Crippen molar-refractivity contribution in [3.63, 3.8) is 0 Å². The monoisotopic (exact) mass is 331 g/mol. The van der Waals surface area contributed by atoms with Crippen molar-refractivity contribution < 1.29 is 13.5 Å². The third-order valence-electron chi connectivity index (χ3n) is 4.57. The highest BCUT2D eigenvalue weighted by Crippen LogP contribution is 2.39. The first-order chi connectivity index (χ1) is 10.6. The first kappa shape index (κ1) is 16.1. The van der Waals surface area contributed by atoms with Crippen LogP contribution in [0, 0.1) is 0 Å². The van der Waals surface area contributed by atoms with E-state index in [1.54, 1.807) is 11.8 Å². The van der Waals surface area contributed by atoms with Gasteiger partial charge in [-0.2, -0.15) is 0 Å². The van der Waals surface area contributed by atoms with Gasteiger partial charge in [-0.1, -0.05) is 0 Å². The van der Waals surface area contributed by atoms with Gasteiger partial charge in [-0.25, -0.2) is 8.78 Å². The van der Waals surface area contributed by atoms with Crippen LogP contribution in [0.3, 0.4) is 0 Å². The molecule has 2 heterocycles. The second-order valence-corrected chi connectivity index (χ2v) is 6.87. The van der Waals surface area contributed by atoms with Crippen molar-refractivity contribution in [2.24, 2.45) is 4.99 Å². The molecule has 0 aromatic rings. The third kappa shape index (κ3) is 3.40. The Morgan fingerprint density at radius 2 is 1.95 bits per heavy atom. The molecule has 4 nitrogen and oxygen atoms in total. The topological polar surface area (TPSA) is 28.1 Å². The number of thioether (sulfide) groups is 1. The van der Waals surface area contributed by atoms with E-state index < -0.39 is 5.92 Å². The molecule has 2 aliphatic heterocycles. The van der Waals surface area contributed by atoms with Gasteiger partial charge in [-0.15, -0.1) is 11.8 Å². The van der Waals surface area contributed by atoms with Crippen LogP contribution in [0.5, 0.6) is 0 Å². The van der Waals surface area contributed by atoms with Crippen molar-refractivity contribution in [2.75, 3.05) is 32.6 Å². The Morgan fingerprint density at radius 3 is 2.59 bits per heavy atom. The Bertz CT molecular complexity index is 442. The number of nitrogens with zero attached hydrogens (tertiary/aromatic N) is 3. The Balaban J connectivity index is 1.77. The van der Waals surface area contributed by atoms with Crippen LogP contribution in [0.25, 0.3) is 0 Å². The molecule has 124 valence electrons. The summed E-state index contributed by atoms with van der Waals surface area (Å²) in [6.07, 6.45) is 6.91. The Kier molecular flexibility index (Phi) is 4.92. The number of morpholine rings is 1. The number of ether oxygens (including phenoxy) is 1. The van der Waals surface area contributed by atoms with Crippen molar-refractivity contribution in [2.45, 2.75) is 43.1 Å². The van der Waals surface area contributed by atoms with Gasteiger partial charge in [0.25, 0.3) is 0 Å². The van der Waals surface area contributed by atoms with Crippen LogP contribution in [0.15, 0.2) is 16.9 Å². The second-order valence-electron chi connectivity index (χ2n) is 5.98. The maximum absolute atomic E-state index is 13.5. The van der Waals surface area contributed by atoms with E-state index in [1.807, 2.05) is 18.5 Å². The van der Waals surface area contributed by atoms with Gasteiger partial charge in [0, 0.05) is 38.2 Å². The summed E-state index contributed by atoms with van der Waals surface area (Å²) in [6, 6.07) is 0.142. The van der Waals surface area contributed by atoms with Crippen LogP contribution in [0.2, 0.25) is 0 Å². The number of aliphatic imine (C=N–C) groups is 1. The molecular formula is C15H23F2N3OS. The van der Waals surface area contributed by atoms with Crippen LogP contribution < -0.4 is 0 Å². The summed E-state index contributed by atoms with van der Waals surface area (Å²) in [4.78, 5) is 9.08. The SMILES string of the molecule is CSC1N=CC=C(N2CCOCC2)N1C1CCC(F)(F)CC1. The average Bonchev–Trinajstić information content (AvgIpc) is 2.55. The van der Waals surface area contributed by atoms with Crippen LogP contribution in [-0.2, 0) is 4.74 Å². The molecular weight excluding hydrogens is 308 g/mol. The Morgan fingerprint density at radius 1 is 1.27 bits per heavy atom. The number of hydrogen-bond donors (Lipinski definition) is 0. The smallest absolute Gasteiger partial charge is 0.248 e. The highest BCUT2D eigenvalue weighted by atomic mass is 32.2. The number of rotatable bonds is 3. The lowest BCUT2D eigenvalue weighted by Crippen LogP contribution is -2.51. The molecule has 3 aliphatic rings. The molecule has 0 aromatic heterocycles. The summed E-state index contributed by atoms with van der Waals surface area (Å²) in [5.41, 5.74) is -0.0143. The fourth-order valence-electron chi connectivity index (χ4n) is 3.36. The third-order valence-corrected chi connectivity index (χ3v) is 5.34. The number of hydrogen-bond acceptors (Lipinski definition) is 5. The van der Waals surface area contributed by atoms with Crippen molar-refractivity contribution in [3.8, 4) is 0 Å². The lowest BCUT2D eigenvalue weighted by molar-refractivity contribution is -0.0561. The quantitative estimate of drug-likeness (QED) is 0.795. The molecule has 0 radical (unpaired) electrons. The minimum absolute atomic E-state index is 0.0143. The van der Waals surface area contributed by atoms with Crippen LogP contribution in [0.4, 0.5) is 8.78 Å². The van der Waals surface area contributed by atoms with Crippen molar-refractivity contribution in [1.29, 1.82) is 0 Å². The standard InChI is InChI=1S/C15H23F2N3OS/c1-22-14-18-7-4-13(19-8-10-21-11-9-19)20(14)12-2-5-15(16,17)6-3-12/h4,7,12,14H,2-3,5-6,8-11H2,1H3. The lowest BCUT2D eigenvalue weighted by Gasteiger charge is -2.47. The maximum Gasteiger partial charge on any atom is 0.248 e. The summed E-state index contributed by atoms with van der Waals surface area (Å²) < 4.78 is 32.4.